The molecule has 0 aromatic heterocycles. The van der Waals surface area contributed by atoms with Gasteiger partial charge in [0, 0.05) is 11.6 Å². The number of aryl methyl sites for hydroxylation is 1. The summed E-state index contributed by atoms with van der Waals surface area (Å²) in [6.07, 6.45) is 7.51. The number of hydrogen-bond donors (Lipinski definition) is 0. The van der Waals surface area contributed by atoms with Gasteiger partial charge in [0.05, 0.1) is 24.3 Å². The first-order valence-corrected chi connectivity index (χ1v) is 16.5. The average molecular weight is 645 g/mol. The van der Waals surface area contributed by atoms with Gasteiger partial charge in [-0.15, -0.1) is 0 Å². The summed E-state index contributed by atoms with van der Waals surface area (Å²) in [6, 6.07) is 29.5. The normalized spacial score (nSPS) is 10.9. The minimum absolute atomic E-state index is 0.379. The van der Waals surface area contributed by atoms with Crippen molar-refractivity contribution in [1.29, 1.82) is 0 Å². The van der Waals surface area contributed by atoms with E-state index >= 15 is 0 Å². The zero-order valence-corrected chi connectivity index (χ0v) is 27.2. The van der Waals surface area contributed by atoms with E-state index in [1.165, 1.54) is 6.08 Å². The van der Waals surface area contributed by atoms with Crippen molar-refractivity contribution in [1.82, 2.24) is 0 Å². The Morgan fingerprint density at radius 1 is 0.646 bits per heavy atom. The van der Waals surface area contributed by atoms with Crippen LogP contribution in [0.4, 0.5) is 0 Å². The Hall–Kier alpha value is -5.43. The number of fused-ring (bicyclic) bond motifs is 3. The van der Waals surface area contributed by atoms with Gasteiger partial charge in [-0.25, -0.2) is 14.4 Å². The SMILES string of the molecule is C=CC(=O)OCCCCCCOc1ccc(C(=O)Oc2ccc3c(ccc4c(CCCC)c(OC(=O)c5ccccc5)ccc43)c2)cc1. The molecule has 0 aliphatic rings. The molecule has 0 radical (unpaired) electrons. The van der Waals surface area contributed by atoms with Gasteiger partial charge in [0.15, 0.2) is 0 Å². The van der Waals surface area contributed by atoms with Crippen LogP contribution in [0.25, 0.3) is 21.5 Å². The van der Waals surface area contributed by atoms with Crippen LogP contribution in [0.15, 0.2) is 110 Å². The molecule has 0 bridgehead atoms. The number of carbonyl (C=O) groups is 3. The van der Waals surface area contributed by atoms with E-state index in [0.717, 1.165) is 72.1 Å². The summed E-state index contributed by atoms with van der Waals surface area (Å²) in [5, 5.41) is 4.03. The van der Waals surface area contributed by atoms with Gasteiger partial charge in [-0.2, -0.15) is 0 Å². The maximum atomic E-state index is 13.0. The van der Waals surface area contributed by atoms with E-state index in [1.807, 2.05) is 54.6 Å². The molecule has 48 heavy (non-hydrogen) atoms. The van der Waals surface area contributed by atoms with Crippen molar-refractivity contribution in [3.05, 3.63) is 126 Å². The van der Waals surface area contributed by atoms with Crippen LogP contribution in [-0.2, 0) is 16.0 Å². The highest BCUT2D eigenvalue weighted by Crippen LogP contribution is 2.36. The first-order valence-electron chi connectivity index (χ1n) is 16.5. The lowest BCUT2D eigenvalue weighted by atomic mass is 9.95. The van der Waals surface area contributed by atoms with Gasteiger partial charge >= 0.3 is 17.9 Å². The fraction of sp³-hybridized carbons (Fsp3) is 0.244. The van der Waals surface area contributed by atoms with E-state index < -0.39 is 11.9 Å². The van der Waals surface area contributed by atoms with Gasteiger partial charge in [0.1, 0.15) is 17.2 Å². The molecule has 0 atom stereocenters. The van der Waals surface area contributed by atoms with Crippen LogP contribution in [0.3, 0.4) is 0 Å². The topological polar surface area (TPSA) is 88.1 Å². The standard InChI is InChI=1S/C41H40O7/c1-3-5-15-37-36-22-18-31-28-33(21-23-34(31)35(36)24-25-38(37)48-41(44)29-13-9-8-10-14-29)47-40(43)30-16-19-32(20-17-30)45-26-11-6-7-12-27-46-39(42)4-2/h4,8-10,13-14,16-25,28H,2-3,5-7,11-12,15,26-27H2,1H3. The molecule has 0 unspecified atom stereocenters. The van der Waals surface area contributed by atoms with Gasteiger partial charge in [0.25, 0.3) is 0 Å². The van der Waals surface area contributed by atoms with Crippen LogP contribution in [0.2, 0.25) is 0 Å². The van der Waals surface area contributed by atoms with E-state index in [0.29, 0.717) is 41.6 Å². The summed E-state index contributed by atoms with van der Waals surface area (Å²) in [4.78, 5) is 36.9. The molecule has 0 heterocycles. The number of esters is 3. The summed E-state index contributed by atoms with van der Waals surface area (Å²) >= 11 is 0. The Morgan fingerprint density at radius 2 is 1.31 bits per heavy atom. The second-order valence-corrected chi connectivity index (χ2v) is 11.5. The Bertz CT molecular complexity index is 1880. The monoisotopic (exact) mass is 644 g/mol. The van der Waals surface area contributed by atoms with Crippen molar-refractivity contribution in [3.63, 3.8) is 0 Å². The molecule has 246 valence electrons. The van der Waals surface area contributed by atoms with Crippen molar-refractivity contribution >= 4 is 39.5 Å². The third-order valence-electron chi connectivity index (χ3n) is 8.07. The molecule has 0 spiro atoms. The molecular weight excluding hydrogens is 604 g/mol. The van der Waals surface area contributed by atoms with Crippen LogP contribution in [0, 0.1) is 0 Å². The average Bonchev–Trinajstić information content (AvgIpc) is 3.12. The Kier molecular flexibility index (Phi) is 12.0. The maximum Gasteiger partial charge on any atom is 0.343 e. The summed E-state index contributed by atoms with van der Waals surface area (Å²) < 4.78 is 22.4. The van der Waals surface area contributed by atoms with E-state index in [4.69, 9.17) is 18.9 Å². The van der Waals surface area contributed by atoms with Crippen LogP contribution in [0.5, 0.6) is 17.2 Å². The Balaban J connectivity index is 1.21. The summed E-state index contributed by atoms with van der Waals surface area (Å²) in [7, 11) is 0. The molecule has 0 aliphatic carbocycles. The predicted octanol–water partition coefficient (Wildman–Crippen LogP) is 9.44. The maximum absolute atomic E-state index is 13.0. The van der Waals surface area contributed by atoms with Gasteiger partial charge in [-0.3, -0.25) is 0 Å². The molecule has 0 aliphatic heterocycles. The molecular formula is C41H40O7. The van der Waals surface area contributed by atoms with Crippen molar-refractivity contribution in [2.75, 3.05) is 13.2 Å². The first-order chi connectivity index (χ1) is 23.5. The molecule has 0 amide bonds. The van der Waals surface area contributed by atoms with Crippen LogP contribution in [0.1, 0.15) is 71.7 Å². The second-order valence-electron chi connectivity index (χ2n) is 11.5. The largest absolute Gasteiger partial charge is 0.494 e. The number of rotatable bonds is 16. The smallest absolute Gasteiger partial charge is 0.343 e. The van der Waals surface area contributed by atoms with Crippen LogP contribution in [-0.4, -0.2) is 31.1 Å². The van der Waals surface area contributed by atoms with Gasteiger partial charge in [-0.1, -0.05) is 62.4 Å². The van der Waals surface area contributed by atoms with Crippen molar-refractivity contribution in [2.24, 2.45) is 0 Å². The second kappa shape index (κ2) is 16.9. The zero-order chi connectivity index (χ0) is 33.7. The van der Waals surface area contributed by atoms with Gasteiger partial charge in [-0.05, 0) is 115 Å². The van der Waals surface area contributed by atoms with Crippen LogP contribution >= 0.6 is 0 Å². The molecule has 0 N–H and O–H groups in total. The molecule has 7 heteroatoms. The molecule has 7 nitrogen and oxygen atoms in total. The molecule has 0 saturated carbocycles. The number of carbonyl (C=O) groups excluding carboxylic acids is 3. The molecule has 5 aromatic rings. The number of unbranched alkanes of at least 4 members (excludes halogenated alkanes) is 4. The van der Waals surface area contributed by atoms with E-state index in [1.54, 1.807) is 42.5 Å². The molecule has 5 rings (SSSR count). The highest BCUT2D eigenvalue weighted by atomic mass is 16.5. The van der Waals surface area contributed by atoms with Gasteiger partial charge in [0.2, 0.25) is 0 Å². The Labute approximate surface area is 281 Å². The first kappa shape index (κ1) is 33.9. The minimum Gasteiger partial charge on any atom is -0.494 e. The van der Waals surface area contributed by atoms with E-state index in [-0.39, 0.29) is 5.97 Å². The molecule has 0 saturated heterocycles. The lowest BCUT2D eigenvalue weighted by Gasteiger charge is -2.15. The number of ether oxygens (including phenoxy) is 4. The van der Waals surface area contributed by atoms with Gasteiger partial charge < -0.3 is 18.9 Å². The Morgan fingerprint density at radius 3 is 2.06 bits per heavy atom. The highest BCUT2D eigenvalue weighted by Gasteiger charge is 2.16. The third kappa shape index (κ3) is 8.88. The highest BCUT2D eigenvalue weighted by molar-refractivity contribution is 6.09. The predicted molar refractivity (Wildman–Crippen MR) is 188 cm³/mol. The quantitative estimate of drug-likeness (QED) is 0.0348. The van der Waals surface area contributed by atoms with E-state index in [9.17, 15) is 14.4 Å². The lowest BCUT2D eigenvalue weighted by molar-refractivity contribution is -0.137. The molecule has 0 fully saturated rings. The van der Waals surface area contributed by atoms with Crippen molar-refractivity contribution in [3.8, 4) is 17.2 Å². The molecule has 5 aromatic carbocycles. The summed E-state index contributed by atoms with van der Waals surface area (Å²) in [6.45, 7) is 6.47. The zero-order valence-electron chi connectivity index (χ0n) is 27.2. The lowest BCUT2D eigenvalue weighted by Crippen LogP contribution is -2.10. The summed E-state index contributed by atoms with van der Waals surface area (Å²) in [5.74, 6) is 0.481. The fourth-order valence-corrected chi connectivity index (χ4v) is 5.50. The van der Waals surface area contributed by atoms with Crippen molar-refractivity contribution < 1.29 is 33.3 Å². The minimum atomic E-state index is -0.453. The fourth-order valence-electron chi connectivity index (χ4n) is 5.50. The van der Waals surface area contributed by atoms with E-state index in [2.05, 4.69) is 13.5 Å². The van der Waals surface area contributed by atoms with Crippen LogP contribution < -0.4 is 14.2 Å². The number of hydrogen-bond acceptors (Lipinski definition) is 7. The summed E-state index contributed by atoms with van der Waals surface area (Å²) in [5.41, 5.74) is 1.94. The number of benzene rings is 5. The third-order valence-corrected chi connectivity index (χ3v) is 8.07. The van der Waals surface area contributed by atoms with Crippen molar-refractivity contribution in [2.45, 2.75) is 51.9 Å².